The van der Waals surface area contributed by atoms with Crippen molar-refractivity contribution in [3.8, 4) is 5.75 Å². The Balaban J connectivity index is 1.40. The molecule has 5 rings (SSSR count). The molecule has 0 unspecified atom stereocenters. The normalized spacial score (nSPS) is 26.8. The second-order valence-electron chi connectivity index (χ2n) is 8.11. The lowest BCUT2D eigenvalue weighted by molar-refractivity contribution is -0.0511. The Morgan fingerprint density at radius 3 is 2.71 bits per heavy atom. The maximum absolute atomic E-state index is 10.3. The van der Waals surface area contributed by atoms with Gasteiger partial charge >= 0.3 is 0 Å². The van der Waals surface area contributed by atoms with Crippen molar-refractivity contribution in [2.45, 2.75) is 42.8 Å². The Morgan fingerprint density at radius 2 is 2.00 bits per heavy atom. The maximum atomic E-state index is 10.3. The number of imidazole rings is 1. The summed E-state index contributed by atoms with van der Waals surface area (Å²) in [5, 5.41) is 33.2. The van der Waals surface area contributed by atoms with Gasteiger partial charge in [0.05, 0.1) is 20.0 Å². The highest BCUT2D eigenvalue weighted by atomic mass is 16.6. The Kier molecular flexibility index (Phi) is 5.01. The first-order chi connectivity index (χ1) is 15.1. The third-order valence-electron chi connectivity index (χ3n) is 6.28. The van der Waals surface area contributed by atoms with E-state index >= 15 is 0 Å². The van der Waals surface area contributed by atoms with E-state index in [0.717, 1.165) is 18.6 Å². The van der Waals surface area contributed by atoms with Crippen molar-refractivity contribution < 1.29 is 24.8 Å². The summed E-state index contributed by atoms with van der Waals surface area (Å²) in [5.41, 5.74) is 2.16. The Morgan fingerprint density at radius 1 is 1.19 bits per heavy atom. The number of nitrogens with one attached hydrogen (secondary N) is 1. The van der Waals surface area contributed by atoms with E-state index in [4.69, 9.17) is 9.47 Å². The first-order valence-electron chi connectivity index (χ1n) is 10.3. The minimum absolute atomic E-state index is 0.0182. The van der Waals surface area contributed by atoms with Crippen LogP contribution in [0.15, 0.2) is 36.9 Å². The van der Waals surface area contributed by atoms with E-state index in [0.29, 0.717) is 23.5 Å². The number of hydrogen-bond donors (Lipinski definition) is 4. The summed E-state index contributed by atoms with van der Waals surface area (Å²) in [6, 6.07) is 8.05. The number of anilines is 1. The van der Waals surface area contributed by atoms with E-state index in [1.807, 2.05) is 18.2 Å². The molecule has 2 aliphatic rings. The van der Waals surface area contributed by atoms with Gasteiger partial charge < -0.3 is 30.1 Å². The highest BCUT2D eigenvalue weighted by Gasteiger charge is 2.46. The van der Waals surface area contributed by atoms with Crippen LogP contribution >= 0.6 is 0 Å². The van der Waals surface area contributed by atoms with Crippen LogP contribution in [-0.2, 0) is 10.2 Å². The van der Waals surface area contributed by atoms with Crippen LogP contribution in [0, 0.1) is 0 Å². The molecule has 2 fully saturated rings. The number of methoxy groups -OCH3 is 1. The molecule has 4 N–H and O–H groups in total. The molecule has 1 saturated carbocycles. The fourth-order valence-corrected chi connectivity index (χ4v) is 4.31. The standard InChI is InChI=1S/C21H25N5O5/c1-30-13-5-3-2-4-12(13)21(6-7-21)9-22-18-15-19(24-10-23-18)26(11-25-15)20-17(29)16(28)14(8-27)31-20/h2-5,10-11,14,16-17,20,27-29H,6-9H2,1H3,(H,22,23,24)/t14-,16-,17-,20-/m1/s1. The van der Waals surface area contributed by atoms with Gasteiger partial charge in [0.25, 0.3) is 0 Å². The monoisotopic (exact) mass is 427 g/mol. The molecular weight excluding hydrogens is 402 g/mol. The zero-order chi connectivity index (χ0) is 21.6. The number of rotatable bonds is 7. The Bertz CT molecular complexity index is 1080. The highest BCUT2D eigenvalue weighted by molar-refractivity contribution is 5.82. The van der Waals surface area contributed by atoms with Crippen LogP contribution in [0.4, 0.5) is 5.82 Å². The van der Waals surface area contributed by atoms with Crippen molar-refractivity contribution >= 4 is 17.0 Å². The van der Waals surface area contributed by atoms with Gasteiger partial charge in [0.15, 0.2) is 23.2 Å². The molecule has 1 aliphatic heterocycles. The average molecular weight is 427 g/mol. The number of aliphatic hydroxyl groups is 3. The van der Waals surface area contributed by atoms with Crippen molar-refractivity contribution in [3.63, 3.8) is 0 Å². The molecule has 10 heteroatoms. The third-order valence-corrected chi connectivity index (χ3v) is 6.28. The molecule has 3 heterocycles. The summed E-state index contributed by atoms with van der Waals surface area (Å²) in [5.74, 6) is 1.46. The molecule has 1 aromatic carbocycles. The molecule has 1 aliphatic carbocycles. The summed E-state index contributed by atoms with van der Waals surface area (Å²) in [6.45, 7) is 0.272. The average Bonchev–Trinajstić information content (AvgIpc) is 3.39. The van der Waals surface area contributed by atoms with Gasteiger partial charge in [-0.1, -0.05) is 18.2 Å². The van der Waals surface area contributed by atoms with Gasteiger partial charge in [0, 0.05) is 17.5 Å². The number of para-hydroxylation sites is 1. The van der Waals surface area contributed by atoms with Crippen molar-refractivity contribution in [1.82, 2.24) is 19.5 Å². The zero-order valence-corrected chi connectivity index (χ0v) is 17.0. The zero-order valence-electron chi connectivity index (χ0n) is 17.0. The van der Waals surface area contributed by atoms with Crippen molar-refractivity contribution in [1.29, 1.82) is 0 Å². The molecule has 164 valence electrons. The first-order valence-corrected chi connectivity index (χ1v) is 10.3. The summed E-state index contributed by atoms with van der Waals surface area (Å²) in [4.78, 5) is 13.1. The molecule has 3 aromatic rings. The van der Waals surface area contributed by atoms with Crippen LogP contribution in [-0.4, -0.2) is 73.4 Å². The van der Waals surface area contributed by atoms with E-state index in [1.54, 1.807) is 11.7 Å². The summed E-state index contributed by atoms with van der Waals surface area (Å²) in [6.07, 6.45) is 0.849. The Hall–Kier alpha value is -2.79. The van der Waals surface area contributed by atoms with Crippen LogP contribution in [0.5, 0.6) is 5.75 Å². The minimum atomic E-state index is -1.21. The van der Waals surface area contributed by atoms with E-state index in [9.17, 15) is 15.3 Å². The smallest absolute Gasteiger partial charge is 0.167 e. The molecular formula is C21H25N5O5. The summed E-state index contributed by atoms with van der Waals surface area (Å²) >= 11 is 0. The number of nitrogens with zero attached hydrogens (tertiary/aromatic N) is 4. The fraction of sp³-hybridized carbons (Fsp3) is 0.476. The van der Waals surface area contributed by atoms with Gasteiger partial charge in [0.1, 0.15) is 30.4 Å². The lowest BCUT2D eigenvalue weighted by atomic mass is 9.95. The topological polar surface area (TPSA) is 135 Å². The van der Waals surface area contributed by atoms with Gasteiger partial charge in [-0.25, -0.2) is 15.0 Å². The minimum Gasteiger partial charge on any atom is -0.496 e. The summed E-state index contributed by atoms with van der Waals surface area (Å²) < 4.78 is 12.7. The largest absolute Gasteiger partial charge is 0.496 e. The van der Waals surface area contributed by atoms with Crippen LogP contribution < -0.4 is 10.1 Å². The molecule has 0 amide bonds. The predicted molar refractivity (Wildman–Crippen MR) is 111 cm³/mol. The quantitative estimate of drug-likeness (QED) is 0.427. The molecule has 1 saturated heterocycles. The molecule has 31 heavy (non-hydrogen) atoms. The predicted octanol–water partition coefficient (Wildman–Crippen LogP) is 0.590. The number of aromatic nitrogens is 4. The molecule has 0 radical (unpaired) electrons. The second kappa shape index (κ2) is 7.72. The maximum Gasteiger partial charge on any atom is 0.167 e. The number of hydrogen-bond acceptors (Lipinski definition) is 9. The number of fused-ring (bicyclic) bond motifs is 1. The lowest BCUT2D eigenvalue weighted by Gasteiger charge is -2.20. The SMILES string of the molecule is COc1ccccc1C1(CNc2ncnc3c2ncn3[C@@H]2O[C@H](CO)[C@@H](O)[C@H]2O)CC1. The van der Waals surface area contributed by atoms with Crippen molar-refractivity contribution in [3.05, 3.63) is 42.5 Å². The van der Waals surface area contributed by atoms with Gasteiger partial charge in [-0.2, -0.15) is 0 Å². The number of benzene rings is 1. The van der Waals surface area contributed by atoms with Crippen LogP contribution in [0.25, 0.3) is 11.2 Å². The molecule has 2 aromatic heterocycles. The van der Waals surface area contributed by atoms with E-state index < -0.39 is 31.1 Å². The number of aliphatic hydroxyl groups excluding tert-OH is 3. The van der Waals surface area contributed by atoms with Crippen LogP contribution in [0.1, 0.15) is 24.6 Å². The van der Waals surface area contributed by atoms with Crippen LogP contribution in [0.2, 0.25) is 0 Å². The number of ether oxygens (including phenoxy) is 2. The molecule has 0 bridgehead atoms. The van der Waals surface area contributed by atoms with Crippen LogP contribution in [0.3, 0.4) is 0 Å². The van der Waals surface area contributed by atoms with Crippen molar-refractivity contribution in [2.24, 2.45) is 0 Å². The second-order valence-corrected chi connectivity index (χ2v) is 8.11. The van der Waals surface area contributed by atoms with Gasteiger partial charge in [-0.3, -0.25) is 4.57 Å². The Labute approximate surface area is 178 Å². The van der Waals surface area contributed by atoms with E-state index in [-0.39, 0.29) is 5.41 Å². The third kappa shape index (κ3) is 3.32. The van der Waals surface area contributed by atoms with Crippen molar-refractivity contribution in [2.75, 3.05) is 25.6 Å². The van der Waals surface area contributed by atoms with E-state index in [1.165, 1.54) is 18.2 Å². The molecule has 4 atom stereocenters. The highest BCUT2D eigenvalue weighted by Crippen LogP contribution is 2.51. The lowest BCUT2D eigenvalue weighted by Crippen LogP contribution is -2.33. The van der Waals surface area contributed by atoms with E-state index in [2.05, 4.69) is 26.3 Å². The van der Waals surface area contributed by atoms with Gasteiger partial charge in [0.2, 0.25) is 0 Å². The fourth-order valence-electron chi connectivity index (χ4n) is 4.31. The van der Waals surface area contributed by atoms with Gasteiger partial charge in [-0.15, -0.1) is 0 Å². The summed E-state index contributed by atoms with van der Waals surface area (Å²) in [7, 11) is 1.68. The van der Waals surface area contributed by atoms with Gasteiger partial charge in [-0.05, 0) is 18.9 Å². The molecule has 10 nitrogen and oxygen atoms in total. The first kappa shape index (κ1) is 20.1. The molecule has 0 spiro atoms.